The summed E-state index contributed by atoms with van der Waals surface area (Å²) >= 11 is 0. The van der Waals surface area contributed by atoms with Crippen LogP contribution in [0.5, 0.6) is 0 Å². The Morgan fingerprint density at radius 3 is 2.96 bits per heavy atom. The number of carbonyl (C=O) groups is 1. The first-order chi connectivity index (χ1) is 13.2. The highest BCUT2D eigenvalue weighted by Crippen LogP contribution is 2.34. The molecule has 9 nitrogen and oxygen atoms in total. The van der Waals surface area contributed by atoms with Gasteiger partial charge < -0.3 is 20.6 Å². The maximum atomic E-state index is 10.6. The van der Waals surface area contributed by atoms with E-state index in [0.29, 0.717) is 24.2 Å². The molecule has 2 fully saturated rings. The molecule has 0 unspecified atom stereocenters. The van der Waals surface area contributed by atoms with Crippen molar-refractivity contribution >= 4 is 23.7 Å². The zero-order valence-electron chi connectivity index (χ0n) is 15.2. The SMILES string of the molecule is O=C(O)NC[C@@H]1CCN(c2nccc(Nc3cc(C4CCCC4)[nH]n3)n2)C1. The van der Waals surface area contributed by atoms with E-state index in [4.69, 9.17) is 5.11 Å². The van der Waals surface area contributed by atoms with Gasteiger partial charge in [0, 0.05) is 43.5 Å². The van der Waals surface area contributed by atoms with Gasteiger partial charge in [-0.05, 0) is 31.2 Å². The molecule has 0 radical (unpaired) electrons. The minimum atomic E-state index is -0.980. The summed E-state index contributed by atoms with van der Waals surface area (Å²) in [5.74, 6) is 3.00. The minimum absolute atomic E-state index is 0.279. The first-order valence-corrected chi connectivity index (χ1v) is 9.54. The van der Waals surface area contributed by atoms with E-state index in [1.54, 1.807) is 6.20 Å². The highest BCUT2D eigenvalue weighted by atomic mass is 16.4. The van der Waals surface area contributed by atoms with E-state index >= 15 is 0 Å². The lowest BCUT2D eigenvalue weighted by Crippen LogP contribution is -2.30. The number of rotatable bonds is 6. The molecule has 2 aromatic heterocycles. The summed E-state index contributed by atoms with van der Waals surface area (Å²) in [6, 6.07) is 3.90. The van der Waals surface area contributed by atoms with Gasteiger partial charge in [-0.2, -0.15) is 10.1 Å². The number of anilines is 3. The molecular formula is C18H25N7O2. The molecule has 2 aromatic rings. The third-order valence-corrected chi connectivity index (χ3v) is 5.40. The van der Waals surface area contributed by atoms with Crippen molar-refractivity contribution in [3.63, 3.8) is 0 Å². The highest BCUT2D eigenvalue weighted by Gasteiger charge is 2.25. The molecule has 1 atom stereocenters. The van der Waals surface area contributed by atoms with Crippen molar-refractivity contribution < 1.29 is 9.90 Å². The Kier molecular flexibility index (Phi) is 5.08. The average Bonchev–Trinajstić information content (AvgIpc) is 3.41. The van der Waals surface area contributed by atoms with Gasteiger partial charge in [-0.3, -0.25) is 5.10 Å². The lowest BCUT2D eigenvalue weighted by atomic mass is 10.0. The average molecular weight is 371 g/mol. The number of nitrogens with one attached hydrogen (secondary N) is 3. The lowest BCUT2D eigenvalue weighted by Gasteiger charge is -2.17. The molecule has 3 heterocycles. The van der Waals surface area contributed by atoms with Crippen molar-refractivity contribution in [1.82, 2.24) is 25.5 Å². The molecule has 0 spiro atoms. The van der Waals surface area contributed by atoms with Crippen LogP contribution in [0.25, 0.3) is 0 Å². The van der Waals surface area contributed by atoms with Gasteiger partial charge in [0.2, 0.25) is 5.95 Å². The largest absolute Gasteiger partial charge is 0.465 e. The quantitative estimate of drug-likeness (QED) is 0.616. The standard InChI is InChI=1S/C18H25N7O2/c26-18(27)20-10-12-6-8-25(11-12)17-19-7-5-15(22-17)21-16-9-14(23-24-16)13-3-1-2-4-13/h5,7,9,12-13,20H,1-4,6,8,10-11H2,(H,26,27)(H2,19,21,22,23,24)/t12-/m0/s1. The monoisotopic (exact) mass is 371 g/mol. The Labute approximate surface area is 157 Å². The number of amides is 1. The number of carboxylic acid groups (broad SMARTS) is 1. The number of hydrogen-bond donors (Lipinski definition) is 4. The van der Waals surface area contributed by atoms with Gasteiger partial charge in [0.25, 0.3) is 0 Å². The van der Waals surface area contributed by atoms with Crippen molar-refractivity contribution in [2.24, 2.45) is 5.92 Å². The molecular weight excluding hydrogens is 346 g/mol. The first-order valence-electron chi connectivity index (χ1n) is 9.54. The van der Waals surface area contributed by atoms with Crippen LogP contribution in [0.4, 0.5) is 22.4 Å². The smallest absolute Gasteiger partial charge is 0.404 e. The van der Waals surface area contributed by atoms with E-state index in [9.17, 15) is 4.79 Å². The molecule has 144 valence electrons. The fourth-order valence-electron chi connectivity index (χ4n) is 3.96. The Balaban J connectivity index is 1.37. The summed E-state index contributed by atoms with van der Waals surface area (Å²) in [6.07, 6.45) is 6.72. The van der Waals surface area contributed by atoms with Crippen molar-refractivity contribution in [2.75, 3.05) is 29.9 Å². The van der Waals surface area contributed by atoms with E-state index in [0.717, 1.165) is 25.3 Å². The van der Waals surface area contributed by atoms with Crippen LogP contribution in [0, 0.1) is 5.92 Å². The molecule has 1 saturated carbocycles. The van der Waals surface area contributed by atoms with Crippen LogP contribution in [0.15, 0.2) is 18.3 Å². The normalized spacial score (nSPS) is 20.1. The summed E-state index contributed by atoms with van der Waals surface area (Å²) in [5.41, 5.74) is 1.19. The van der Waals surface area contributed by atoms with E-state index in [1.807, 2.05) is 6.07 Å². The number of aromatic nitrogens is 4. The van der Waals surface area contributed by atoms with E-state index in [1.165, 1.54) is 31.4 Å². The van der Waals surface area contributed by atoms with Crippen molar-refractivity contribution in [3.8, 4) is 0 Å². The molecule has 1 amide bonds. The molecule has 0 aromatic carbocycles. The predicted octanol–water partition coefficient (Wildman–Crippen LogP) is 2.69. The van der Waals surface area contributed by atoms with Gasteiger partial charge in [0.15, 0.2) is 5.82 Å². The topological polar surface area (TPSA) is 119 Å². The van der Waals surface area contributed by atoms with E-state index in [2.05, 4.69) is 41.8 Å². The van der Waals surface area contributed by atoms with Crippen LogP contribution in [0.1, 0.15) is 43.7 Å². The number of hydrogen-bond acceptors (Lipinski definition) is 6. The third kappa shape index (κ3) is 4.29. The highest BCUT2D eigenvalue weighted by molar-refractivity contribution is 5.64. The molecule has 4 rings (SSSR count). The number of H-pyrrole nitrogens is 1. The maximum absolute atomic E-state index is 10.6. The number of aromatic amines is 1. The molecule has 1 aliphatic heterocycles. The minimum Gasteiger partial charge on any atom is -0.465 e. The lowest BCUT2D eigenvalue weighted by molar-refractivity contribution is 0.192. The Morgan fingerprint density at radius 2 is 2.15 bits per heavy atom. The van der Waals surface area contributed by atoms with Gasteiger partial charge >= 0.3 is 6.09 Å². The fraction of sp³-hybridized carbons (Fsp3) is 0.556. The fourth-order valence-corrected chi connectivity index (χ4v) is 3.96. The molecule has 9 heteroatoms. The molecule has 4 N–H and O–H groups in total. The van der Waals surface area contributed by atoms with Gasteiger partial charge in [-0.15, -0.1) is 0 Å². The van der Waals surface area contributed by atoms with Crippen LogP contribution >= 0.6 is 0 Å². The van der Waals surface area contributed by atoms with E-state index < -0.39 is 6.09 Å². The third-order valence-electron chi connectivity index (χ3n) is 5.40. The van der Waals surface area contributed by atoms with Gasteiger partial charge in [-0.25, -0.2) is 9.78 Å². The van der Waals surface area contributed by atoms with Gasteiger partial charge in [0.1, 0.15) is 5.82 Å². The van der Waals surface area contributed by atoms with Crippen LogP contribution in [-0.4, -0.2) is 51.0 Å². The van der Waals surface area contributed by atoms with Crippen molar-refractivity contribution in [3.05, 3.63) is 24.0 Å². The summed E-state index contributed by atoms with van der Waals surface area (Å²) < 4.78 is 0. The van der Waals surface area contributed by atoms with Crippen molar-refractivity contribution in [1.29, 1.82) is 0 Å². The van der Waals surface area contributed by atoms with Crippen LogP contribution in [0.2, 0.25) is 0 Å². The molecule has 2 aliphatic rings. The first kappa shape index (κ1) is 17.6. The molecule has 27 heavy (non-hydrogen) atoms. The Morgan fingerprint density at radius 1 is 1.30 bits per heavy atom. The summed E-state index contributed by atoms with van der Waals surface area (Å²) in [7, 11) is 0. The van der Waals surface area contributed by atoms with Crippen LogP contribution in [-0.2, 0) is 0 Å². The predicted molar refractivity (Wildman–Crippen MR) is 101 cm³/mol. The van der Waals surface area contributed by atoms with Crippen LogP contribution in [0.3, 0.4) is 0 Å². The molecule has 1 aliphatic carbocycles. The van der Waals surface area contributed by atoms with Gasteiger partial charge in [0.05, 0.1) is 0 Å². The molecule has 0 bridgehead atoms. The number of nitrogens with zero attached hydrogens (tertiary/aromatic N) is 4. The van der Waals surface area contributed by atoms with Gasteiger partial charge in [-0.1, -0.05) is 12.8 Å². The zero-order valence-corrected chi connectivity index (χ0v) is 15.2. The van der Waals surface area contributed by atoms with E-state index in [-0.39, 0.29) is 5.92 Å². The zero-order chi connectivity index (χ0) is 18.6. The Bertz CT molecular complexity index is 788. The van der Waals surface area contributed by atoms with Crippen LogP contribution < -0.4 is 15.5 Å². The Hall–Kier alpha value is -2.84. The molecule has 1 saturated heterocycles. The second-order valence-electron chi connectivity index (χ2n) is 7.34. The second kappa shape index (κ2) is 7.81. The summed E-state index contributed by atoms with van der Waals surface area (Å²) in [4.78, 5) is 21.7. The summed E-state index contributed by atoms with van der Waals surface area (Å²) in [6.45, 7) is 2.03. The maximum Gasteiger partial charge on any atom is 0.404 e. The van der Waals surface area contributed by atoms with Crippen molar-refractivity contribution in [2.45, 2.75) is 38.0 Å². The summed E-state index contributed by atoms with van der Waals surface area (Å²) in [5, 5.41) is 22.0. The second-order valence-corrected chi connectivity index (χ2v) is 7.34.